The molecule has 2 nitrogen and oxygen atoms in total. The molecule has 100 valence electrons. The third-order valence-corrected chi connectivity index (χ3v) is 3.01. The highest BCUT2D eigenvalue weighted by molar-refractivity contribution is 6.30. The molecule has 0 amide bonds. The van der Waals surface area contributed by atoms with Crippen molar-refractivity contribution in [2.24, 2.45) is 5.73 Å². The van der Waals surface area contributed by atoms with Gasteiger partial charge in [-0.2, -0.15) is 0 Å². The highest BCUT2D eigenvalue weighted by Gasteiger charge is 2.16. The Labute approximate surface area is 114 Å². The molecule has 0 aliphatic carbocycles. The topological polar surface area (TPSA) is 35.2 Å². The number of hydrogen-bond donors (Lipinski definition) is 1. The van der Waals surface area contributed by atoms with Crippen LogP contribution in [0.5, 0.6) is 5.75 Å². The molecule has 0 saturated heterocycles. The van der Waals surface area contributed by atoms with Gasteiger partial charge in [0.15, 0.2) is 0 Å². The molecule has 0 spiro atoms. The Kier molecular flexibility index (Phi) is 4.02. The van der Waals surface area contributed by atoms with Gasteiger partial charge in [-0.1, -0.05) is 11.6 Å². The van der Waals surface area contributed by atoms with E-state index in [1.165, 1.54) is 19.2 Å². The summed E-state index contributed by atoms with van der Waals surface area (Å²) >= 11 is 5.91. The summed E-state index contributed by atoms with van der Waals surface area (Å²) in [6.07, 6.45) is 0. The van der Waals surface area contributed by atoms with Gasteiger partial charge < -0.3 is 10.5 Å². The first-order valence-electron chi connectivity index (χ1n) is 5.56. The molecule has 19 heavy (non-hydrogen) atoms. The largest absolute Gasteiger partial charge is 0.496 e. The van der Waals surface area contributed by atoms with E-state index in [1.54, 1.807) is 18.2 Å². The molecule has 2 rings (SSSR count). The van der Waals surface area contributed by atoms with Crippen LogP contribution in [0.15, 0.2) is 36.4 Å². The molecule has 1 atom stereocenters. The van der Waals surface area contributed by atoms with Gasteiger partial charge in [0.25, 0.3) is 0 Å². The normalized spacial score (nSPS) is 12.3. The minimum Gasteiger partial charge on any atom is -0.496 e. The van der Waals surface area contributed by atoms with Gasteiger partial charge in [-0.15, -0.1) is 0 Å². The Morgan fingerprint density at radius 1 is 1.11 bits per heavy atom. The van der Waals surface area contributed by atoms with Crippen LogP contribution in [-0.2, 0) is 0 Å². The lowest BCUT2D eigenvalue weighted by atomic mass is 9.98. The molecule has 0 fully saturated rings. The summed E-state index contributed by atoms with van der Waals surface area (Å²) in [5.74, 6) is -0.834. The molecule has 2 N–H and O–H groups in total. The zero-order chi connectivity index (χ0) is 14.0. The Balaban J connectivity index is 2.48. The quantitative estimate of drug-likeness (QED) is 0.933. The molecule has 0 aliphatic heterocycles. The zero-order valence-electron chi connectivity index (χ0n) is 10.2. The third kappa shape index (κ3) is 3.03. The van der Waals surface area contributed by atoms with Gasteiger partial charge in [0.05, 0.1) is 13.2 Å². The van der Waals surface area contributed by atoms with E-state index in [0.29, 0.717) is 21.9 Å². The van der Waals surface area contributed by atoms with E-state index in [1.807, 2.05) is 0 Å². The van der Waals surface area contributed by atoms with Crippen molar-refractivity contribution in [3.63, 3.8) is 0 Å². The van der Waals surface area contributed by atoms with Crippen LogP contribution in [0.3, 0.4) is 0 Å². The van der Waals surface area contributed by atoms with Gasteiger partial charge in [-0.05, 0) is 35.9 Å². The van der Waals surface area contributed by atoms with E-state index in [4.69, 9.17) is 22.1 Å². The summed E-state index contributed by atoms with van der Waals surface area (Å²) in [7, 11) is 1.49. The molecular formula is C14H12ClF2NO. The van der Waals surface area contributed by atoms with Crippen LogP contribution < -0.4 is 10.5 Å². The van der Waals surface area contributed by atoms with Gasteiger partial charge in [-0.25, -0.2) is 8.78 Å². The van der Waals surface area contributed by atoms with Crippen molar-refractivity contribution in [1.82, 2.24) is 0 Å². The fourth-order valence-electron chi connectivity index (χ4n) is 1.88. The SMILES string of the molecule is COc1ccc(Cl)cc1C(N)c1cc(F)cc(F)c1. The van der Waals surface area contributed by atoms with E-state index in [-0.39, 0.29) is 0 Å². The predicted molar refractivity (Wildman–Crippen MR) is 70.4 cm³/mol. The summed E-state index contributed by atoms with van der Waals surface area (Å²) in [5.41, 5.74) is 6.91. The van der Waals surface area contributed by atoms with Crippen LogP contribution in [0.1, 0.15) is 17.2 Å². The van der Waals surface area contributed by atoms with Gasteiger partial charge in [0.1, 0.15) is 17.4 Å². The summed E-state index contributed by atoms with van der Waals surface area (Å²) < 4.78 is 31.6. The van der Waals surface area contributed by atoms with Crippen molar-refractivity contribution >= 4 is 11.6 Å². The van der Waals surface area contributed by atoms with Gasteiger partial charge in [-0.3, -0.25) is 0 Å². The summed E-state index contributed by atoms with van der Waals surface area (Å²) in [6.45, 7) is 0. The molecule has 0 aromatic heterocycles. The van der Waals surface area contributed by atoms with Gasteiger partial charge in [0.2, 0.25) is 0 Å². The third-order valence-electron chi connectivity index (χ3n) is 2.77. The molecule has 2 aromatic rings. The van der Waals surface area contributed by atoms with Crippen molar-refractivity contribution < 1.29 is 13.5 Å². The van der Waals surface area contributed by atoms with Crippen molar-refractivity contribution in [2.75, 3.05) is 7.11 Å². The monoisotopic (exact) mass is 283 g/mol. The Morgan fingerprint density at radius 3 is 2.32 bits per heavy atom. The number of rotatable bonds is 3. The Bertz CT molecular complexity index is 584. The first-order valence-corrected chi connectivity index (χ1v) is 5.94. The molecule has 2 aromatic carbocycles. The number of benzene rings is 2. The average molecular weight is 284 g/mol. The first-order chi connectivity index (χ1) is 9.01. The average Bonchev–Trinajstić information content (AvgIpc) is 2.36. The maximum atomic E-state index is 13.2. The maximum absolute atomic E-state index is 13.2. The van der Waals surface area contributed by atoms with Gasteiger partial charge in [0, 0.05) is 16.7 Å². The highest BCUT2D eigenvalue weighted by Crippen LogP contribution is 2.31. The second kappa shape index (κ2) is 5.55. The lowest BCUT2D eigenvalue weighted by Gasteiger charge is -2.16. The van der Waals surface area contributed by atoms with E-state index >= 15 is 0 Å². The number of nitrogens with two attached hydrogens (primary N) is 1. The van der Waals surface area contributed by atoms with Crippen LogP contribution in [0, 0.1) is 11.6 Å². The molecular weight excluding hydrogens is 272 g/mol. The fraction of sp³-hybridized carbons (Fsp3) is 0.143. The van der Waals surface area contributed by atoms with Crippen LogP contribution >= 0.6 is 11.6 Å². The lowest BCUT2D eigenvalue weighted by Crippen LogP contribution is -2.13. The molecule has 0 aliphatic rings. The molecule has 0 heterocycles. The number of methoxy groups -OCH3 is 1. The molecule has 5 heteroatoms. The molecule has 1 unspecified atom stereocenters. The van der Waals surface area contributed by atoms with E-state index in [2.05, 4.69) is 0 Å². The Hall–Kier alpha value is -1.65. The summed E-state index contributed by atoms with van der Waals surface area (Å²) in [6, 6.07) is 7.39. The predicted octanol–water partition coefficient (Wildman–Crippen LogP) is 3.67. The molecule has 0 saturated carbocycles. The van der Waals surface area contributed by atoms with Crippen molar-refractivity contribution in [2.45, 2.75) is 6.04 Å². The fourth-order valence-corrected chi connectivity index (χ4v) is 2.06. The van der Waals surface area contributed by atoms with Crippen LogP contribution in [0.2, 0.25) is 5.02 Å². The molecule has 0 radical (unpaired) electrons. The lowest BCUT2D eigenvalue weighted by molar-refractivity contribution is 0.407. The highest BCUT2D eigenvalue weighted by atomic mass is 35.5. The summed E-state index contributed by atoms with van der Waals surface area (Å²) in [5, 5.41) is 0.475. The second-order valence-electron chi connectivity index (χ2n) is 4.07. The van der Waals surface area contributed by atoms with Crippen LogP contribution in [0.4, 0.5) is 8.78 Å². The van der Waals surface area contributed by atoms with Crippen molar-refractivity contribution in [1.29, 1.82) is 0 Å². The van der Waals surface area contributed by atoms with E-state index < -0.39 is 17.7 Å². The Morgan fingerprint density at radius 2 is 1.74 bits per heavy atom. The first kappa shape index (κ1) is 13.8. The van der Waals surface area contributed by atoms with Gasteiger partial charge >= 0.3 is 0 Å². The number of ether oxygens (including phenoxy) is 1. The van der Waals surface area contributed by atoms with Crippen molar-refractivity contribution in [3.8, 4) is 5.75 Å². The minimum atomic E-state index is -0.723. The standard InChI is InChI=1S/C14H12ClF2NO/c1-19-13-3-2-9(15)6-12(13)14(18)8-4-10(16)7-11(17)5-8/h2-7,14H,18H2,1H3. The second-order valence-corrected chi connectivity index (χ2v) is 4.50. The van der Waals surface area contributed by atoms with Crippen LogP contribution in [-0.4, -0.2) is 7.11 Å². The minimum absolute atomic E-state index is 0.318. The number of halogens is 3. The van der Waals surface area contributed by atoms with Crippen molar-refractivity contribution in [3.05, 3.63) is 64.2 Å². The smallest absolute Gasteiger partial charge is 0.126 e. The zero-order valence-corrected chi connectivity index (χ0v) is 10.9. The van der Waals surface area contributed by atoms with Crippen LogP contribution in [0.25, 0.3) is 0 Å². The van der Waals surface area contributed by atoms with E-state index in [0.717, 1.165) is 6.07 Å². The maximum Gasteiger partial charge on any atom is 0.126 e. The molecule has 0 bridgehead atoms. The van der Waals surface area contributed by atoms with E-state index in [9.17, 15) is 8.78 Å². The summed E-state index contributed by atoms with van der Waals surface area (Å²) in [4.78, 5) is 0. The number of hydrogen-bond acceptors (Lipinski definition) is 2.